The maximum atomic E-state index is 12.6. The Morgan fingerprint density at radius 2 is 1.77 bits per heavy atom. The van der Waals surface area contributed by atoms with Gasteiger partial charge in [-0.3, -0.25) is 14.9 Å². The molecule has 3 N–H and O–H groups in total. The second-order valence-corrected chi connectivity index (χ2v) is 7.88. The van der Waals surface area contributed by atoms with Crippen LogP contribution in [0.25, 0.3) is 0 Å². The molecule has 0 saturated heterocycles. The van der Waals surface area contributed by atoms with E-state index < -0.39 is 0 Å². The van der Waals surface area contributed by atoms with Gasteiger partial charge in [0.1, 0.15) is 5.75 Å². The summed E-state index contributed by atoms with van der Waals surface area (Å²) < 4.78 is 5.67. The van der Waals surface area contributed by atoms with E-state index in [0.29, 0.717) is 35.1 Å². The summed E-state index contributed by atoms with van der Waals surface area (Å²) in [5, 5.41) is 8.63. The van der Waals surface area contributed by atoms with Gasteiger partial charge in [-0.2, -0.15) is 0 Å². The SMILES string of the molecule is CCC(C)NC(=O)c1ccccc1NC(=S)NC(=O)c1cccc(OCC(C)C)c1. The molecule has 0 radical (unpaired) electrons. The zero-order chi connectivity index (χ0) is 22.1. The fourth-order valence-corrected chi connectivity index (χ4v) is 2.72. The highest BCUT2D eigenvalue weighted by atomic mass is 32.1. The molecule has 7 heteroatoms. The third kappa shape index (κ3) is 7.15. The lowest BCUT2D eigenvalue weighted by Gasteiger charge is -2.16. The summed E-state index contributed by atoms with van der Waals surface area (Å²) in [6.07, 6.45) is 0.829. The normalized spacial score (nSPS) is 11.5. The first-order valence-corrected chi connectivity index (χ1v) is 10.5. The van der Waals surface area contributed by atoms with Crippen molar-refractivity contribution in [3.8, 4) is 5.75 Å². The number of para-hydroxylation sites is 1. The van der Waals surface area contributed by atoms with E-state index in [2.05, 4.69) is 29.8 Å². The number of rotatable bonds is 8. The summed E-state index contributed by atoms with van der Waals surface area (Å²) >= 11 is 5.28. The number of carbonyl (C=O) groups is 2. The van der Waals surface area contributed by atoms with Crippen LogP contribution in [-0.2, 0) is 0 Å². The van der Waals surface area contributed by atoms with Gasteiger partial charge < -0.3 is 15.4 Å². The minimum absolute atomic E-state index is 0.0578. The first-order chi connectivity index (χ1) is 14.3. The third-order valence-corrected chi connectivity index (χ3v) is 4.52. The van der Waals surface area contributed by atoms with Gasteiger partial charge in [0.2, 0.25) is 0 Å². The molecule has 2 rings (SSSR count). The quantitative estimate of drug-likeness (QED) is 0.545. The Bertz CT molecular complexity index is 899. The van der Waals surface area contributed by atoms with Crippen LogP contribution in [0.15, 0.2) is 48.5 Å². The highest BCUT2D eigenvalue weighted by Gasteiger charge is 2.15. The molecule has 0 heterocycles. The lowest BCUT2D eigenvalue weighted by molar-refractivity contribution is 0.0938. The second-order valence-electron chi connectivity index (χ2n) is 7.47. The zero-order valence-corrected chi connectivity index (χ0v) is 18.6. The molecule has 2 aromatic rings. The van der Waals surface area contributed by atoms with Crippen molar-refractivity contribution in [2.24, 2.45) is 5.92 Å². The van der Waals surface area contributed by atoms with E-state index in [1.54, 1.807) is 42.5 Å². The second kappa shape index (κ2) is 11.3. The molecule has 0 aliphatic carbocycles. The molecule has 2 amide bonds. The van der Waals surface area contributed by atoms with Crippen molar-refractivity contribution in [1.29, 1.82) is 0 Å². The highest BCUT2D eigenvalue weighted by molar-refractivity contribution is 7.80. The van der Waals surface area contributed by atoms with E-state index >= 15 is 0 Å². The van der Waals surface area contributed by atoms with Crippen molar-refractivity contribution in [3.05, 3.63) is 59.7 Å². The minimum Gasteiger partial charge on any atom is -0.493 e. The Hall–Kier alpha value is -2.93. The maximum absolute atomic E-state index is 12.6. The number of amides is 2. The first-order valence-electron chi connectivity index (χ1n) is 10.0. The number of nitrogens with one attached hydrogen (secondary N) is 3. The molecule has 160 valence electrons. The standard InChI is InChI=1S/C23H29N3O3S/c1-5-16(4)24-22(28)19-11-6-7-12-20(19)25-23(30)26-21(27)17-9-8-10-18(13-17)29-14-15(2)3/h6-13,15-16H,5,14H2,1-4H3,(H,24,28)(H2,25,26,27,30). The summed E-state index contributed by atoms with van der Waals surface area (Å²) in [5.74, 6) is 0.458. The molecule has 0 spiro atoms. The summed E-state index contributed by atoms with van der Waals surface area (Å²) in [7, 11) is 0. The van der Waals surface area contributed by atoms with E-state index in [4.69, 9.17) is 17.0 Å². The van der Waals surface area contributed by atoms with E-state index in [9.17, 15) is 9.59 Å². The van der Waals surface area contributed by atoms with Crippen LogP contribution in [0.1, 0.15) is 54.8 Å². The summed E-state index contributed by atoms with van der Waals surface area (Å²) in [4.78, 5) is 25.1. The van der Waals surface area contributed by atoms with Crippen molar-refractivity contribution in [2.45, 2.75) is 40.2 Å². The predicted molar refractivity (Wildman–Crippen MR) is 124 cm³/mol. The average molecular weight is 428 g/mol. The molecule has 0 saturated carbocycles. The molecule has 0 bridgehead atoms. The van der Waals surface area contributed by atoms with Gasteiger partial charge in [0.25, 0.3) is 11.8 Å². The van der Waals surface area contributed by atoms with Gasteiger partial charge in [0.15, 0.2) is 5.11 Å². The zero-order valence-electron chi connectivity index (χ0n) is 17.8. The Morgan fingerprint density at radius 3 is 2.47 bits per heavy atom. The van der Waals surface area contributed by atoms with Gasteiger partial charge in [-0.25, -0.2) is 0 Å². The van der Waals surface area contributed by atoms with E-state index in [0.717, 1.165) is 6.42 Å². The molecular formula is C23H29N3O3S. The fourth-order valence-electron chi connectivity index (χ4n) is 2.51. The van der Waals surface area contributed by atoms with Gasteiger partial charge in [-0.15, -0.1) is 0 Å². The van der Waals surface area contributed by atoms with Gasteiger partial charge in [-0.1, -0.05) is 39.0 Å². The Balaban J connectivity index is 2.03. The molecule has 2 aromatic carbocycles. The van der Waals surface area contributed by atoms with E-state index in [-0.39, 0.29) is 23.0 Å². The van der Waals surface area contributed by atoms with Crippen molar-refractivity contribution in [3.63, 3.8) is 0 Å². The lowest BCUT2D eigenvalue weighted by Crippen LogP contribution is -2.36. The number of anilines is 1. The van der Waals surface area contributed by atoms with Crippen LogP contribution >= 0.6 is 12.2 Å². The van der Waals surface area contributed by atoms with Gasteiger partial charge >= 0.3 is 0 Å². The lowest BCUT2D eigenvalue weighted by atomic mass is 10.1. The highest BCUT2D eigenvalue weighted by Crippen LogP contribution is 2.16. The molecular weight excluding hydrogens is 398 g/mol. The largest absolute Gasteiger partial charge is 0.493 e. The smallest absolute Gasteiger partial charge is 0.257 e. The monoisotopic (exact) mass is 427 g/mol. The number of hydrogen-bond acceptors (Lipinski definition) is 4. The van der Waals surface area contributed by atoms with Crippen LogP contribution in [0.4, 0.5) is 5.69 Å². The van der Waals surface area contributed by atoms with Gasteiger partial charge in [-0.05, 0) is 61.8 Å². The molecule has 0 fully saturated rings. The van der Waals surface area contributed by atoms with E-state index in [1.165, 1.54) is 0 Å². The topological polar surface area (TPSA) is 79.5 Å². The number of benzene rings is 2. The van der Waals surface area contributed by atoms with Crippen LogP contribution in [0.2, 0.25) is 0 Å². The van der Waals surface area contributed by atoms with Crippen LogP contribution in [0.3, 0.4) is 0 Å². The molecule has 1 atom stereocenters. The Labute approximate surface area is 183 Å². The van der Waals surface area contributed by atoms with Crippen molar-refractivity contribution < 1.29 is 14.3 Å². The minimum atomic E-state index is -0.357. The summed E-state index contributed by atoms with van der Waals surface area (Å²) in [5.41, 5.74) is 1.42. The van der Waals surface area contributed by atoms with Gasteiger partial charge in [0, 0.05) is 11.6 Å². The molecule has 30 heavy (non-hydrogen) atoms. The van der Waals surface area contributed by atoms with Crippen molar-refractivity contribution in [2.75, 3.05) is 11.9 Å². The summed E-state index contributed by atoms with van der Waals surface area (Å²) in [6.45, 7) is 8.63. The van der Waals surface area contributed by atoms with E-state index in [1.807, 2.05) is 19.9 Å². The maximum Gasteiger partial charge on any atom is 0.257 e. The first kappa shape index (κ1) is 23.3. The van der Waals surface area contributed by atoms with Crippen molar-refractivity contribution in [1.82, 2.24) is 10.6 Å². The number of thiocarbonyl (C=S) groups is 1. The van der Waals surface area contributed by atoms with Gasteiger partial charge in [0.05, 0.1) is 17.9 Å². The molecule has 0 aliphatic heterocycles. The van der Waals surface area contributed by atoms with Crippen LogP contribution in [0, 0.1) is 5.92 Å². The number of ether oxygens (including phenoxy) is 1. The van der Waals surface area contributed by atoms with Crippen LogP contribution < -0.4 is 20.7 Å². The van der Waals surface area contributed by atoms with Crippen molar-refractivity contribution >= 4 is 34.8 Å². The number of hydrogen-bond donors (Lipinski definition) is 3. The Kier molecular flexibility index (Phi) is 8.80. The van der Waals surface area contributed by atoms with Crippen LogP contribution in [0.5, 0.6) is 5.75 Å². The predicted octanol–water partition coefficient (Wildman–Crippen LogP) is 4.38. The summed E-state index contributed by atoms with van der Waals surface area (Å²) in [6, 6.07) is 14.0. The fraction of sp³-hybridized carbons (Fsp3) is 0.348. The average Bonchev–Trinajstić information content (AvgIpc) is 2.72. The van der Waals surface area contributed by atoms with Crippen LogP contribution in [-0.4, -0.2) is 29.6 Å². The Morgan fingerprint density at radius 1 is 1.03 bits per heavy atom. The number of carbonyl (C=O) groups excluding carboxylic acids is 2. The molecule has 0 aliphatic rings. The molecule has 1 unspecified atom stereocenters. The molecule has 6 nitrogen and oxygen atoms in total. The third-order valence-electron chi connectivity index (χ3n) is 4.32. The molecule has 0 aromatic heterocycles.